The molecule has 4 rings (SSSR count). The summed E-state index contributed by atoms with van der Waals surface area (Å²) >= 11 is 0. The lowest BCUT2D eigenvalue weighted by molar-refractivity contribution is -0.144. The molecule has 0 radical (unpaired) electrons. The van der Waals surface area contributed by atoms with Gasteiger partial charge in [-0.15, -0.1) is 0 Å². The average Bonchev–Trinajstić information content (AvgIpc) is 3.22. The average molecular weight is 434 g/mol. The largest absolute Gasteiger partial charge is 0.468 e. The molecule has 0 spiro atoms. The Bertz CT molecular complexity index is 714. The van der Waals surface area contributed by atoms with Gasteiger partial charge < -0.3 is 23.8 Å². The van der Waals surface area contributed by atoms with Crippen LogP contribution in [0.25, 0.3) is 0 Å². The number of esters is 1. The summed E-state index contributed by atoms with van der Waals surface area (Å²) in [6, 6.07) is 2.74. The second-order valence-electron chi connectivity index (χ2n) is 10.1. The van der Waals surface area contributed by atoms with E-state index in [-0.39, 0.29) is 11.9 Å². The van der Waals surface area contributed by atoms with E-state index in [2.05, 4.69) is 21.9 Å². The van der Waals surface area contributed by atoms with Crippen LogP contribution in [0.2, 0.25) is 0 Å². The first-order valence-electron chi connectivity index (χ1n) is 12.1. The van der Waals surface area contributed by atoms with Crippen LogP contribution in [0.4, 0.5) is 5.82 Å². The first-order valence-corrected chi connectivity index (χ1v) is 12.1. The maximum atomic E-state index is 12.1. The Kier molecular flexibility index (Phi) is 7.22. The third kappa shape index (κ3) is 5.25. The summed E-state index contributed by atoms with van der Waals surface area (Å²) in [5.74, 6) is 1.71. The minimum absolute atomic E-state index is 0.0893. The van der Waals surface area contributed by atoms with E-state index in [0.717, 1.165) is 43.7 Å². The third-order valence-corrected chi connectivity index (χ3v) is 7.44. The predicted octanol–water partition coefficient (Wildman–Crippen LogP) is 3.84. The molecule has 1 atom stereocenters. The minimum atomic E-state index is -0.416. The number of piperidine rings is 2. The summed E-state index contributed by atoms with van der Waals surface area (Å²) in [7, 11) is 1.41. The van der Waals surface area contributed by atoms with Gasteiger partial charge in [-0.1, -0.05) is 25.9 Å². The number of aromatic nitrogens is 1. The Labute approximate surface area is 186 Å². The van der Waals surface area contributed by atoms with Crippen LogP contribution in [-0.2, 0) is 14.3 Å². The molecule has 0 bridgehead atoms. The third-order valence-electron chi connectivity index (χ3n) is 7.44. The number of rotatable bonds is 7. The van der Waals surface area contributed by atoms with Gasteiger partial charge in [0.1, 0.15) is 5.92 Å². The van der Waals surface area contributed by atoms with Crippen molar-refractivity contribution < 1.29 is 18.8 Å². The lowest BCUT2D eigenvalue weighted by Crippen LogP contribution is -2.49. The fourth-order valence-corrected chi connectivity index (χ4v) is 5.45. The van der Waals surface area contributed by atoms with Gasteiger partial charge in [-0.05, 0) is 50.4 Å². The number of methoxy groups -OCH3 is 1. The second kappa shape index (κ2) is 9.90. The molecule has 3 fully saturated rings. The van der Waals surface area contributed by atoms with Crippen LogP contribution in [0.3, 0.4) is 0 Å². The van der Waals surface area contributed by atoms with Crippen LogP contribution in [-0.4, -0.2) is 67.6 Å². The molecule has 1 aromatic heterocycles. The molecular formula is C24H39N3O4. The van der Waals surface area contributed by atoms with Crippen molar-refractivity contribution in [3.8, 4) is 0 Å². The van der Waals surface area contributed by atoms with Crippen LogP contribution in [0.5, 0.6) is 0 Å². The highest BCUT2D eigenvalue weighted by molar-refractivity contribution is 5.77. The van der Waals surface area contributed by atoms with Crippen LogP contribution in [0, 0.1) is 11.8 Å². The normalized spacial score (nSPS) is 27.3. The number of nitrogens with zero attached hydrogens (tertiary/aromatic N) is 3. The van der Waals surface area contributed by atoms with Gasteiger partial charge in [0.15, 0.2) is 11.6 Å². The van der Waals surface area contributed by atoms with Gasteiger partial charge in [-0.2, -0.15) is 0 Å². The van der Waals surface area contributed by atoms with Crippen molar-refractivity contribution in [1.82, 2.24) is 10.1 Å². The standard InChI is InChI=1S/C24H39N3O4/c1-16(2)23(24(28)29-4)21-15-22(25-31-21)27-11-7-20(8-12-27)30-19-5-9-26(10-6-19)18-13-17(3)14-18/h15-20,23H,5-14H2,1-4H3. The molecule has 1 unspecified atom stereocenters. The van der Waals surface area contributed by atoms with Gasteiger partial charge in [0.2, 0.25) is 0 Å². The number of hydrogen-bond acceptors (Lipinski definition) is 7. The molecule has 7 nitrogen and oxygen atoms in total. The Morgan fingerprint density at radius 2 is 1.71 bits per heavy atom. The summed E-state index contributed by atoms with van der Waals surface area (Å²) in [4.78, 5) is 17.0. The van der Waals surface area contributed by atoms with Gasteiger partial charge in [-0.25, -0.2) is 0 Å². The van der Waals surface area contributed by atoms with Crippen molar-refractivity contribution in [1.29, 1.82) is 0 Å². The van der Waals surface area contributed by atoms with Crippen LogP contribution < -0.4 is 4.90 Å². The Hall–Kier alpha value is -1.60. The molecule has 3 heterocycles. The van der Waals surface area contributed by atoms with Gasteiger partial charge in [-0.3, -0.25) is 4.79 Å². The molecule has 2 aliphatic heterocycles. The molecular weight excluding hydrogens is 394 g/mol. The van der Waals surface area contributed by atoms with Crippen LogP contribution in [0.15, 0.2) is 10.6 Å². The first kappa shape index (κ1) is 22.6. The van der Waals surface area contributed by atoms with Crippen molar-refractivity contribution in [2.75, 3.05) is 38.2 Å². The zero-order valence-corrected chi connectivity index (χ0v) is 19.6. The highest BCUT2D eigenvalue weighted by Gasteiger charge is 2.34. The molecule has 1 aliphatic carbocycles. The summed E-state index contributed by atoms with van der Waals surface area (Å²) in [6.07, 6.45) is 7.86. The maximum Gasteiger partial charge on any atom is 0.316 e. The van der Waals surface area contributed by atoms with E-state index >= 15 is 0 Å². The van der Waals surface area contributed by atoms with Crippen molar-refractivity contribution in [3.05, 3.63) is 11.8 Å². The van der Waals surface area contributed by atoms with E-state index in [1.54, 1.807) is 0 Å². The lowest BCUT2D eigenvalue weighted by Gasteiger charge is -2.45. The van der Waals surface area contributed by atoms with E-state index in [1.165, 1.54) is 45.9 Å². The van der Waals surface area contributed by atoms with Gasteiger partial charge >= 0.3 is 5.97 Å². The van der Waals surface area contributed by atoms with Crippen molar-refractivity contribution in [2.24, 2.45) is 11.8 Å². The number of likely N-dealkylation sites (tertiary alicyclic amines) is 1. The predicted molar refractivity (Wildman–Crippen MR) is 119 cm³/mol. The summed E-state index contributed by atoms with van der Waals surface area (Å²) in [5.41, 5.74) is 0. The second-order valence-corrected chi connectivity index (χ2v) is 10.1. The van der Waals surface area contributed by atoms with Crippen molar-refractivity contribution in [2.45, 2.75) is 83.5 Å². The lowest BCUT2D eigenvalue weighted by atomic mass is 9.80. The molecule has 0 aromatic carbocycles. The SMILES string of the molecule is COC(=O)C(c1cc(N2CCC(OC3CCN(C4CC(C)C4)CC3)CC2)no1)C(C)C. The molecule has 0 N–H and O–H groups in total. The van der Waals surface area contributed by atoms with Crippen LogP contribution >= 0.6 is 0 Å². The summed E-state index contributed by atoms with van der Waals surface area (Å²) in [5, 5.41) is 4.24. The Morgan fingerprint density at radius 3 is 2.26 bits per heavy atom. The number of carbonyl (C=O) groups excluding carboxylic acids is 1. The molecule has 3 aliphatic rings. The summed E-state index contributed by atoms with van der Waals surface area (Å²) in [6.45, 7) is 10.5. The molecule has 1 saturated carbocycles. The number of ether oxygens (including phenoxy) is 2. The van der Waals surface area contributed by atoms with Crippen molar-refractivity contribution >= 4 is 11.8 Å². The van der Waals surface area contributed by atoms with Gasteiger partial charge in [0, 0.05) is 38.3 Å². The fourth-order valence-electron chi connectivity index (χ4n) is 5.45. The molecule has 7 heteroatoms. The van der Waals surface area contributed by atoms with Gasteiger partial charge in [0.25, 0.3) is 0 Å². The van der Waals surface area contributed by atoms with Crippen molar-refractivity contribution in [3.63, 3.8) is 0 Å². The topological polar surface area (TPSA) is 68.0 Å². The smallest absolute Gasteiger partial charge is 0.316 e. The summed E-state index contributed by atoms with van der Waals surface area (Å²) < 4.78 is 17.0. The maximum absolute atomic E-state index is 12.1. The zero-order valence-electron chi connectivity index (χ0n) is 19.6. The number of anilines is 1. The van der Waals surface area contributed by atoms with E-state index in [1.807, 2.05) is 19.9 Å². The minimum Gasteiger partial charge on any atom is -0.468 e. The molecule has 31 heavy (non-hydrogen) atoms. The molecule has 0 amide bonds. The molecule has 174 valence electrons. The fraction of sp³-hybridized carbons (Fsp3) is 0.833. The number of hydrogen-bond donors (Lipinski definition) is 0. The molecule has 1 aromatic rings. The van der Waals surface area contributed by atoms with E-state index in [0.29, 0.717) is 18.0 Å². The van der Waals surface area contributed by atoms with Gasteiger partial charge in [0.05, 0.1) is 19.3 Å². The highest BCUT2D eigenvalue weighted by atomic mass is 16.5. The van der Waals surface area contributed by atoms with E-state index in [4.69, 9.17) is 14.0 Å². The zero-order chi connectivity index (χ0) is 22.0. The quantitative estimate of drug-likeness (QED) is 0.605. The number of carbonyl (C=O) groups is 1. The van der Waals surface area contributed by atoms with E-state index in [9.17, 15) is 4.79 Å². The van der Waals surface area contributed by atoms with Crippen LogP contribution in [0.1, 0.15) is 71.0 Å². The first-order chi connectivity index (χ1) is 14.9. The molecule has 2 saturated heterocycles. The Morgan fingerprint density at radius 1 is 1.10 bits per heavy atom. The Balaban J connectivity index is 1.22. The highest BCUT2D eigenvalue weighted by Crippen LogP contribution is 2.34. The monoisotopic (exact) mass is 433 g/mol. The van der Waals surface area contributed by atoms with E-state index < -0.39 is 5.92 Å².